The van der Waals surface area contributed by atoms with Crippen molar-refractivity contribution in [3.63, 3.8) is 0 Å². The molecule has 0 saturated carbocycles. The second kappa shape index (κ2) is 7.09. The molecule has 162 valence electrons. The van der Waals surface area contributed by atoms with Gasteiger partial charge in [-0.3, -0.25) is 0 Å². The van der Waals surface area contributed by atoms with E-state index in [1.54, 1.807) is 12.4 Å². The second-order valence-corrected chi connectivity index (χ2v) is 9.79. The molecule has 2 heterocycles. The monoisotopic (exact) mass is 431 g/mol. The van der Waals surface area contributed by atoms with Crippen molar-refractivity contribution in [2.45, 2.75) is 34.1 Å². The molecule has 0 N–H and O–H groups in total. The van der Waals surface area contributed by atoms with E-state index < -0.39 is 5.82 Å². The molecule has 0 amide bonds. The standard InChI is InChI=1S/C27H25F2N2O/c1-15-10-20(29)24-19-9-7-17(28)12-22(19)32-26(24)23(15)25-18-8-6-16(13-27(2,3)4)11-21(18)30-14-31(25)5/h6-12,14H,13H2,1-5H3/q+1. The van der Waals surface area contributed by atoms with Crippen LogP contribution in [0.1, 0.15) is 31.9 Å². The Kier molecular flexibility index (Phi) is 4.55. The summed E-state index contributed by atoms with van der Waals surface area (Å²) in [6, 6.07) is 12.1. The van der Waals surface area contributed by atoms with Gasteiger partial charge in [-0.2, -0.15) is 0 Å². The van der Waals surface area contributed by atoms with Crippen molar-refractivity contribution in [1.82, 2.24) is 4.98 Å². The van der Waals surface area contributed by atoms with E-state index in [1.165, 1.54) is 23.8 Å². The van der Waals surface area contributed by atoms with Crippen LogP contribution in [0.15, 0.2) is 53.2 Å². The molecule has 0 fully saturated rings. The number of aromatic nitrogens is 2. The van der Waals surface area contributed by atoms with Gasteiger partial charge in [0.05, 0.1) is 23.4 Å². The largest absolute Gasteiger partial charge is 0.455 e. The topological polar surface area (TPSA) is 29.9 Å². The van der Waals surface area contributed by atoms with Gasteiger partial charge in [0.2, 0.25) is 0 Å². The van der Waals surface area contributed by atoms with Gasteiger partial charge in [0.25, 0.3) is 6.33 Å². The van der Waals surface area contributed by atoms with Gasteiger partial charge in [0.15, 0.2) is 5.52 Å². The van der Waals surface area contributed by atoms with E-state index in [9.17, 15) is 4.39 Å². The first-order chi connectivity index (χ1) is 15.1. The number of rotatable bonds is 2. The maximum absolute atomic E-state index is 15.1. The highest BCUT2D eigenvalue weighted by Gasteiger charge is 2.25. The minimum absolute atomic E-state index is 0.166. The Balaban J connectivity index is 1.84. The number of hydrogen-bond acceptors (Lipinski definition) is 2. The molecular formula is C27H25F2N2O+. The summed E-state index contributed by atoms with van der Waals surface area (Å²) in [5.41, 5.74) is 5.44. The van der Waals surface area contributed by atoms with Gasteiger partial charge in [0, 0.05) is 11.5 Å². The summed E-state index contributed by atoms with van der Waals surface area (Å²) in [6.07, 6.45) is 2.71. The van der Waals surface area contributed by atoms with Crippen LogP contribution in [0.25, 0.3) is 44.1 Å². The summed E-state index contributed by atoms with van der Waals surface area (Å²) in [5.74, 6) is -0.790. The van der Waals surface area contributed by atoms with Gasteiger partial charge in [-0.05, 0) is 65.2 Å². The van der Waals surface area contributed by atoms with E-state index in [0.29, 0.717) is 21.9 Å². The molecule has 0 radical (unpaired) electrons. The zero-order chi connectivity index (χ0) is 22.8. The Hall–Kier alpha value is -3.34. The summed E-state index contributed by atoms with van der Waals surface area (Å²) in [7, 11) is 1.92. The number of benzene rings is 3. The fraction of sp³-hybridized carbons (Fsp3) is 0.259. The Labute approximate surface area is 185 Å². The molecule has 0 aliphatic carbocycles. The van der Waals surface area contributed by atoms with E-state index in [4.69, 9.17) is 4.42 Å². The summed E-state index contributed by atoms with van der Waals surface area (Å²) < 4.78 is 36.9. The third-order valence-corrected chi connectivity index (χ3v) is 5.87. The number of aryl methyl sites for hydroxylation is 2. The molecule has 5 rings (SSSR count). The molecule has 0 spiro atoms. The zero-order valence-electron chi connectivity index (χ0n) is 18.9. The molecule has 32 heavy (non-hydrogen) atoms. The van der Waals surface area contributed by atoms with E-state index in [1.807, 2.05) is 18.5 Å². The lowest BCUT2D eigenvalue weighted by molar-refractivity contribution is -0.662. The van der Waals surface area contributed by atoms with E-state index in [0.717, 1.165) is 34.1 Å². The van der Waals surface area contributed by atoms with Crippen molar-refractivity contribution in [3.05, 3.63) is 71.6 Å². The van der Waals surface area contributed by atoms with Crippen LogP contribution < -0.4 is 4.57 Å². The molecule has 5 heteroatoms. The van der Waals surface area contributed by atoms with E-state index >= 15 is 4.39 Å². The van der Waals surface area contributed by atoms with Crippen molar-refractivity contribution in [3.8, 4) is 11.3 Å². The minimum Gasteiger partial charge on any atom is -0.455 e. The van der Waals surface area contributed by atoms with Crippen molar-refractivity contribution < 1.29 is 17.8 Å². The predicted molar refractivity (Wildman–Crippen MR) is 123 cm³/mol. The lowest BCUT2D eigenvalue weighted by Crippen LogP contribution is -2.32. The fourth-order valence-corrected chi connectivity index (χ4v) is 4.61. The van der Waals surface area contributed by atoms with E-state index in [-0.39, 0.29) is 11.2 Å². The molecule has 0 bridgehead atoms. The Morgan fingerprint density at radius 1 is 1.00 bits per heavy atom. The number of halogens is 2. The lowest BCUT2D eigenvalue weighted by Gasteiger charge is -2.18. The summed E-state index contributed by atoms with van der Waals surface area (Å²) in [5, 5.41) is 1.89. The molecule has 0 saturated heterocycles. The number of hydrogen-bond donors (Lipinski definition) is 0. The van der Waals surface area contributed by atoms with Crippen LogP contribution in [0.4, 0.5) is 8.78 Å². The highest BCUT2D eigenvalue weighted by molar-refractivity contribution is 6.11. The Morgan fingerprint density at radius 3 is 2.50 bits per heavy atom. The first kappa shape index (κ1) is 20.6. The third kappa shape index (κ3) is 3.32. The predicted octanol–water partition coefficient (Wildman–Crippen LogP) is 6.80. The van der Waals surface area contributed by atoms with E-state index in [2.05, 4.69) is 44.0 Å². The van der Waals surface area contributed by atoms with Crippen molar-refractivity contribution >= 4 is 32.8 Å². The quantitative estimate of drug-likeness (QED) is 0.288. The summed E-state index contributed by atoms with van der Waals surface area (Å²) in [6.45, 7) is 8.50. The normalized spacial score (nSPS) is 12.3. The van der Waals surface area contributed by atoms with Crippen LogP contribution in [0, 0.1) is 24.0 Å². The average Bonchev–Trinajstić information content (AvgIpc) is 3.07. The van der Waals surface area contributed by atoms with Crippen LogP contribution in [-0.2, 0) is 13.5 Å². The molecule has 3 aromatic carbocycles. The van der Waals surface area contributed by atoms with Crippen LogP contribution in [0.3, 0.4) is 0 Å². The fourth-order valence-electron chi connectivity index (χ4n) is 4.61. The Morgan fingerprint density at radius 2 is 1.75 bits per heavy atom. The highest BCUT2D eigenvalue weighted by atomic mass is 19.1. The van der Waals surface area contributed by atoms with Crippen LogP contribution in [0.5, 0.6) is 0 Å². The van der Waals surface area contributed by atoms with Crippen LogP contribution >= 0.6 is 0 Å². The Bertz CT molecular complexity index is 1530. The van der Waals surface area contributed by atoms with Gasteiger partial charge in [-0.1, -0.05) is 26.8 Å². The molecular weight excluding hydrogens is 406 g/mol. The summed E-state index contributed by atoms with van der Waals surface area (Å²) >= 11 is 0. The highest BCUT2D eigenvalue weighted by Crippen LogP contribution is 2.40. The first-order valence-corrected chi connectivity index (χ1v) is 10.7. The van der Waals surface area contributed by atoms with Crippen molar-refractivity contribution in [2.75, 3.05) is 0 Å². The molecule has 0 aliphatic heterocycles. The average molecular weight is 432 g/mol. The molecule has 0 unspecified atom stereocenters. The van der Waals surface area contributed by atoms with Crippen LogP contribution in [-0.4, -0.2) is 4.98 Å². The smallest absolute Gasteiger partial charge is 0.287 e. The number of furan rings is 1. The molecule has 3 nitrogen and oxygen atoms in total. The van der Waals surface area contributed by atoms with Gasteiger partial charge in [-0.25, -0.2) is 13.3 Å². The summed E-state index contributed by atoms with van der Waals surface area (Å²) in [4.78, 5) is 4.65. The van der Waals surface area contributed by atoms with Gasteiger partial charge in [-0.15, -0.1) is 0 Å². The lowest BCUT2D eigenvalue weighted by atomic mass is 9.87. The third-order valence-electron chi connectivity index (χ3n) is 5.87. The van der Waals surface area contributed by atoms with Gasteiger partial charge >= 0.3 is 0 Å². The maximum Gasteiger partial charge on any atom is 0.287 e. The van der Waals surface area contributed by atoms with Crippen molar-refractivity contribution in [2.24, 2.45) is 12.5 Å². The number of fused-ring (bicyclic) bond motifs is 4. The molecule has 0 atom stereocenters. The minimum atomic E-state index is -0.415. The first-order valence-electron chi connectivity index (χ1n) is 10.7. The van der Waals surface area contributed by atoms with Gasteiger partial charge in [0.1, 0.15) is 28.5 Å². The molecule has 5 aromatic rings. The zero-order valence-corrected chi connectivity index (χ0v) is 18.9. The molecule has 2 aromatic heterocycles. The second-order valence-electron chi connectivity index (χ2n) is 9.79. The number of nitrogens with zero attached hydrogens (tertiary/aromatic N) is 2. The molecule has 0 aliphatic rings. The van der Waals surface area contributed by atoms with Crippen molar-refractivity contribution in [1.29, 1.82) is 0 Å². The van der Waals surface area contributed by atoms with Gasteiger partial charge < -0.3 is 4.42 Å². The SMILES string of the molecule is Cc1cc(F)c2c(oc3cc(F)ccc32)c1-c1c2ccc(CC(C)(C)C)cc2nc[n+]1C. The van der Waals surface area contributed by atoms with Crippen LogP contribution in [0.2, 0.25) is 0 Å². The maximum atomic E-state index is 15.1.